The first kappa shape index (κ1) is 13.1. The molecule has 1 atom stereocenters. The molecule has 1 fully saturated rings. The third kappa shape index (κ3) is 3.35. The van der Waals surface area contributed by atoms with Crippen LogP contribution in [-0.2, 0) is 11.3 Å². The van der Waals surface area contributed by atoms with Crippen molar-refractivity contribution >= 4 is 5.91 Å². The fourth-order valence-corrected chi connectivity index (χ4v) is 2.46. The lowest BCUT2D eigenvalue weighted by molar-refractivity contribution is -0.126. The first-order valence-electron chi connectivity index (χ1n) is 6.70. The lowest BCUT2D eigenvalue weighted by atomic mass is 10.1. The van der Waals surface area contributed by atoms with Crippen LogP contribution in [-0.4, -0.2) is 30.4 Å². The molecule has 0 unspecified atom stereocenters. The summed E-state index contributed by atoms with van der Waals surface area (Å²) in [5.74, 6) is 1.82. The van der Waals surface area contributed by atoms with Gasteiger partial charge in [-0.1, -0.05) is 12.8 Å². The first-order valence-corrected chi connectivity index (χ1v) is 6.70. The second kappa shape index (κ2) is 6.05. The molecule has 1 saturated heterocycles. The van der Waals surface area contributed by atoms with E-state index in [9.17, 15) is 4.79 Å². The van der Waals surface area contributed by atoms with Gasteiger partial charge in [0, 0.05) is 0 Å². The monoisotopic (exact) mass is 250 g/mol. The van der Waals surface area contributed by atoms with Crippen LogP contribution in [0.4, 0.5) is 0 Å². The predicted molar refractivity (Wildman–Crippen MR) is 70.2 cm³/mol. The summed E-state index contributed by atoms with van der Waals surface area (Å²) in [7, 11) is 2.03. The van der Waals surface area contributed by atoms with Gasteiger partial charge < -0.3 is 9.73 Å². The third-order valence-electron chi connectivity index (χ3n) is 3.56. The molecule has 1 N–H and O–H groups in total. The molecule has 0 aliphatic carbocycles. The summed E-state index contributed by atoms with van der Waals surface area (Å²) in [4.78, 5) is 14.3. The molecule has 0 aromatic carbocycles. The minimum absolute atomic E-state index is 0.0172. The zero-order valence-corrected chi connectivity index (χ0v) is 11.2. The molecule has 0 spiro atoms. The molecule has 4 nitrogen and oxygen atoms in total. The number of amides is 1. The molecule has 1 aromatic rings. The van der Waals surface area contributed by atoms with E-state index >= 15 is 0 Å². The van der Waals surface area contributed by atoms with E-state index in [2.05, 4.69) is 10.2 Å². The van der Waals surface area contributed by atoms with E-state index in [0.29, 0.717) is 6.54 Å². The second-order valence-corrected chi connectivity index (χ2v) is 5.08. The Morgan fingerprint density at radius 1 is 1.44 bits per heavy atom. The zero-order valence-electron chi connectivity index (χ0n) is 11.2. The van der Waals surface area contributed by atoms with Gasteiger partial charge in [0.25, 0.3) is 0 Å². The Morgan fingerprint density at radius 3 is 3.00 bits per heavy atom. The van der Waals surface area contributed by atoms with Crippen LogP contribution in [0.15, 0.2) is 16.5 Å². The van der Waals surface area contributed by atoms with Crippen LogP contribution in [0.3, 0.4) is 0 Å². The highest BCUT2D eigenvalue weighted by atomic mass is 16.3. The van der Waals surface area contributed by atoms with Crippen molar-refractivity contribution in [2.45, 2.75) is 45.2 Å². The molecule has 18 heavy (non-hydrogen) atoms. The summed E-state index contributed by atoms with van der Waals surface area (Å²) in [6.45, 7) is 3.40. The number of carbonyl (C=O) groups is 1. The molecule has 2 rings (SSSR count). The highest BCUT2D eigenvalue weighted by Crippen LogP contribution is 2.15. The van der Waals surface area contributed by atoms with Crippen molar-refractivity contribution in [3.8, 4) is 0 Å². The Morgan fingerprint density at radius 2 is 2.28 bits per heavy atom. The van der Waals surface area contributed by atoms with E-state index in [1.807, 2.05) is 26.1 Å². The van der Waals surface area contributed by atoms with Crippen molar-refractivity contribution in [2.24, 2.45) is 0 Å². The highest BCUT2D eigenvalue weighted by Gasteiger charge is 2.24. The van der Waals surface area contributed by atoms with Crippen molar-refractivity contribution in [3.05, 3.63) is 23.7 Å². The quantitative estimate of drug-likeness (QED) is 0.893. The summed E-state index contributed by atoms with van der Waals surface area (Å²) in [6, 6.07) is 3.84. The number of carbonyl (C=O) groups excluding carboxylic acids is 1. The molecule has 2 heterocycles. The Kier molecular flexibility index (Phi) is 4.42. The number of hydrogen-bond acceptors (Lipinski definition) is 3. The van der Waals surface area contributed by atoms with Gasteiger partial charge in [0.2, 0.25) is 5.91 Å². The molecular formula is C14H22N2O2. The van der Waals surface area contributed by atoms with E-state index in [4.69, 9.17) is 4.42 Å². The van der Waals surface area contributed by atoms with Crippen LogP contribution in [0.1, 0.15) is 37.2 Å². The van der Waals surface area contributed by atoms with Crippen molar-refractivity contribution in [1.29, 1.82) is 0 Å². The number of likely N-dealkylation sites (tertiary alicyclic amines) is 1. The smallest absolute Gasteiger partial charge is 0.237 e. The van der Waals surface area contributed by atoms with Crippen LogP contribution in [0.5, 0.6) is 0 Å². The Bertz CT molecular complexity index is 400. The zero-order chi connectivity index (χ0) is 13.0. The topological polar surface area (TPSA) is 45.5 Å². The number of furan rings is 1. The Balaban J connectivity index is 1.86. The highest BCUT2D eigenvalue weighted by molar-refractivity contribution is 5.81. The van der Waals surface area contributed by atoms with Crippen molar-refractivity contribution in [3.63, 3.8) is 0 Å². The molecule has 1 amide bonds. The standard InChI is InChI=1S/C14H22N2O2/c1-11-7-8-12(18-11)10-15-14(17)13-6-4-3-5-9-16(13)2/h7-8,13H,3-6,9-10H2,1-2H3,(H,15,17)/t13-/m0/s1. The van der Waals surface area contributed by atoms with E-state index < -0.39 is 0 Å². The van der Waals surface area contributed by atoms with Gasteiger partial charge in [-0.15, -0.1) is 0 Å². The summed E-state index contributed by atoms with van der Waals surface area (Å²) in [6.07, 6.45) is 4.52. The summed E-state index contributed by atoms with van der Waals surface area (Å²) >= 11 is 0. The van der Waals surface area contributed by atoms with Crippen LogP contribution >= 0.6 is 0 Å². The SMILES string of the molecule is Cc1ccc(CNC(=O)[C@@H]2CCCCCN2C)o1. The molecule has 0 radical (unpaired) electrons. The van der Waals surface area contributed by atoms with Gasteiger partial charge in [-0.3, -0.25) is 9.69 Å². The van der Waals surface area contributed by atoms with Crippen molar-refractivity contribution in [2.75, 3.05) is 13.6 Å². The Labute approximate surface area is 108 Å². The van der Waals surface area contributed by atoms with Gasteiger partial charge in [-0.25, -0.2) is 0 Å². The van der Waals surface area contributed by atoms with Gasteiger partial charge in [-0.05, 0) is 45.5 Å². The molecule has 0 bridgehead atoms. The van der Waals surface area contributed by atoms with E-state index in [1.165, 1.54) is 12.8 Å². The van der Waals surface area contributed by atoms with Gasteiger partial charge >= 0.3 is 0 Å². The largest absolute Gasteiger partial charge is 0.465 e. The molecule has 0 saturated carbocycles. The Hall–Kier alpha value is -1.29. The van der Waals surface area contributed by atoms with Crippen LogP contribution in [0.2, 0.25) is 0 Å². The molecule has 1 aromatic heterocycles. The lowest BCUT2D eigenvalue weighted by Crippen LogP contribution is -2.44. The van der Waals surface area contributed by atoms with Crippen molar-refractivity contribution < 1.29 is 9.21 Å². The summed E-state index contributed by atoms with van der Waals surface area (Å²) in [5.41, 5.74) is 0. The molecule has 100 valence electrons. The first-order chi connectivity index (χ1) is 8.66. The number of likely N-dealkylation sites (N-methyl/N-ethyl adjacent to an activating group) is 1. The summed E-state index contributed by atoms with van der Waals surface area (Å²) in [5, 5.41) is 2.97. The van der Waals surface area contributed by atoms with E-state index in [0.717, 1.165) is 30.9 Å². The fourth-order valence-electron chi connectivity index (χ4n) is 2.46. The minimum Gasteiger partial charge on any atom is -0.465 e. The molecule has 1 aliphatic heterocycles. The molecule has 1 aliphatic rings. The number of nitrogens with zero attached hydrogens (tertiary/aromatic N) is 1. The van der Waals surface area contributed by atoms with Gasteiger partial charge in [0.05, 0.1) is 12.6 Å². The summed E-state index contributed by atoms with van der Waals surface area (Å²) < 4.78 is 5.44. The maximum atomic E-state index is 12.1. The van der Waals surface area contributed by atoms with Crippen LogP contribution in [0.25, 0.3) is 0 Å². The predicted octanol–water partition coefficient (Wildman–Crippen LogP) is 2.08. The van der Waals surface area contributed by atoms with Gasteiger partial charge in [0.1, 0.15) is 11.5 Å². The normalized spacial score (nSPS) is 21.6. The molecule has 4 heteroatoms. The van der Waals surface area contributed by atoms with Crippen LogP contribution < -0.4 is 5.32 Å². The third-order valence-corrected chi connectivity index (χ3v) is 3.56. The van der Waals surface area contributed by atoms with Crippen molar-refractivity contribution in [1.82, 2.24) is 10.2 Å². The van der Waals surface area contributed by atoms with Gasteiger partial charge in [0.15, 0.2) is 0 Å². The maximum Gasteiger partial charge on any atom is 0.237 e. The average molecular weight is 250 g/mol. The second-order valence-electron chi connectivity index (χ2n) is 5.08. The number of nitrogens with one attached hydrogen (secondary N) is 1. The minimum atomic E-state index is 0.0172. The number of hydrogen-bond donors (Lipinski definition) is 1. The maximum absolute atomic E-state index is 12.1. The van der Waals surface area contributed by atoms with Gasteiger partial charge in [-0.2, -0.15) is 0 Å². The average Bonchev–Trinajstić information content (AvgIpc) is 2.64. The molecular weight excluding hydrogens is 228 g/mol. The lowest BCUT2D eigenvalue weighted by Gasteiger charge is -2.24. The van der Waals surface area contributed by atoms with E-state index in [-0.39, 0.29) is 11.9 Å². The van der Waals surface area contributed by atoms with E-state index in [1.54, 1.807) is 0 Å². The number of aryl methyl sites for hydroxylation is 1. The van der Waals surface area contributed by atoms with Crippen LogP contribution in [0, 0.1) is 6.92 Å². The number of rotatable bonds is 3. The fraction of sp³-hybridized carbons (Fsp3) is 0.643.